The average Bonchev–Trinajstić information content (AvgIpc) is 2.74. The summed E-state index contributed by atoms with van der Waals surface area (Å²) in [5.41, 5.74) is 4.53. The standard InChI is InChI=1S/C25H28N4O3/c1-15(2)24(31)27-22-13-21(19-10-7-16(3)8-11-19)28-29(25(22)32)14-23(30)26-20-12-17(4)6-9-18(20)5/h6-13,15H,14H2,1-5H3,(H,26,30)(H,27,31). The first-order valence-corrected chi connectivity index (χ1v) is 10.5. The Morgan fingerprint density at radius 3 is 2.22 bits per heavy atom. The molecule has 0 fully saturated rings. The lowest BCUT2D eigenvalue weighted by molar-refractivity contribution is -0.119. The Labute approximate surface area is 187 Å². The fourth-order valence-corrected chi connectivity index (χ4v) is 3.08. The van der Waals surface area contributed by atoms with Gasteiger partial charge in [0, 0.05) is 17.2 Å². The van der Waals surface area contributed by atoms with E-state index in [9.17, 15) is 14.4 Å². The lowest BCUT2D eigenvalue weighted by Gasteiger charge is -2.14. The van der Waals surface area contributed by atoms with E-state index in [2.05, 4.69) is 15.7 Å². The molecule has 0 aliphatic rings. The number of aromatic nitrogens is 2. The number of anilines is 2. The Kier molecular flexibility index (Phi) is 6.88. The average molecular weight is 433 g/mol. The van der Waals surface area contributed by atoms with E-state index in [1.54, 1.807) is 19.9 Å². The van der Waals surface area contributed by atoms with E-state index in [1.165, 1.54) is 0 Å². The number of aryl methyl sites for hydroxylation is 3. The number of hydrogen-bond donors (Lipinski definition) is 2. The zero-order chi connectivity index (χ0) is 23.4. The summed E-state index contributed by atoms with van der Waals surface area (Å²) in [6.07, 6.45) is 0. The monoisotopic (exact) mass is 432 g/mol. The van der Waals surface area contributed by atoms with E-state index in [4.69, 9.17) is 0 Å². The maximum absolute atomic E-state index is 13.0. The van der Waals surface area contributed by atoms with Crippen molar-refractivity contribution in [3.8, 4) is 11.3 Å². The Hall–Kier alpha value is -3.74. The molecule has 32 heavy (non-hydrogen) atoms. The largest absolute Gasteiger partial charge is 0.324 e. The SMILES string of the molecule is Cc1ccc(-c2cc(NC(=O)C(C)C)c(=O)n(CC(=O)Nc3cc(C)ccc3C)n2)cc1. The van der Waals surface area contributed by atoms with Gasteiger partial charge in [-0.05, 0) is 44.0 Å². The van der Waals surface area contributed by atoms with Gasteiger partial charge in [0.15, 0.2) is 0 Å². The summed E-state index contributed by atoms with van der Waals surface area (Å²) >= 11 is 0. The minimum Gasteiger partial charge on any atom is -0.324 e. The minimum atomic E-state index is -0.536. The molecule has 0 aliphatic heterocycles. The molecule has 1 heterocycles. The Morgan fingerprint density at radius 1 is 0.906 bits per heavy atom. The normalized spacial score (nSPS) is 10.8. The summed E-state index contributed by atoms with van der Waals surface area (Å²) in [7, 11) is 0. The van der Waals surface area contributed by atoms with Gasteiger partial charge in [-0.25, -0.2) is 4.68 Å². The lowest BCUT2D eigenvalue weighted by atomic mass is 10.1. The highest BCUT2D eigenvalue weighted by Crippen LogP contribution is 2.20. The van der Waals surface area contributed by atoms with Gasteiger partial charge in [0.05, 0.1) is 5.69 Å². The van der Waals surface area contributed by atoms with Gasteiger partial charge < -0.3 is 10.6 Å². The van der Waals surface area contributed by atoms with Gasteiger partial charge in [0.2, 0.25) is 11.8 Å². The van der Waals surface area contributed by atoms with Crippen LogP contribution < -0.4 is 16.2 Å². The number of carbonyl (C=O) groups is 2. The molecule has 2 aromatic carbocycles. The van der Waals surface area contributed by atoms with E-state index in [0.717, 1.165) is 26.9 Å². The third-order valence-electron chi connectivity index (χ3n) is 5.06. The maximum Gasteiger partial charge on any atom is 0.291 e. The first kappa shape index (κ1) is 22.9. The van der Waals surface area contributed by atoms with Gasteiger partial charge in [0.1, 0.15) is 12.2 Å². The lowest BCUT2D eigenvalue weighted by Crippen LogP contribution is -2.33. The fourth-order valence-electron chi connectivity index (χ4n) is 3.08. The van der Waals surface area contributed by atoms with Crippen LogP contribution in [0.1, 0.15) is 30.5 Å². The van der Waals surface area contributed by atoms with Crippen LogP contribution in [-0.4, -0.2) is 21.6 Å². The molecule has 2 amide bonds. The molecule has 3 aromatic rings. The zero-order valence-corrected chi connectivity index (χ0v) is 19.0. The highest BCUT2D eigenvalue weighted by Gasteiger charge is 2.16. The van der Waals surface area contributed by atoms with Crippen molar-refractivity contribution < 1.29 is 9.59 Å². The molecule has 7 heteroatoms. The molecule has 0 atom stereocenters. The molecule has 1 aromatic heterocycles. The van der Waals surface area contributed by atoms with Crippen molar-refractivity contribution in [1.82, 2.24) is 9.78 Å². The molecule has 0 saturated heterocycles. The van der Waals surface area contributed by atoms with E-state index in [0.29, 0.717) is 11.4 Å². The van der Waals surface area contributed by atoms with Crippen molar-refractivity contribution in [3.63, 3.8) is 0 Å². The first-order chi connectivity index (χ1) is 15.1. The quantitative estimate of drug-likeness (QED) is 0.614. The number of benzene rings is 2. The van der Waals surface area contributed by atoms with Crippen molar-refractivity contribution >= 4 is 23.2 Å². The molecule has 166 valence electrons. The first-order valence-electron chi connectivity index (χ1n) is 10.5. The van der Waals surface area contributed by atoms with Crippen LogP contribution in [0.2, 0.25) is 0 Å². The number of hydrogen-bond acceptors (Lipinski definition) is 4. The molecular formula is C25H28N4O3. The van der Waals surface area contributed by atoms with Crippen LogP contribution in [0.15, 0.2) is 53.3 Å². The Bertz CT molecular complexity index is 1210. The van der Waals surface area contributed by atoms with Gasteiger partial charge >= 0.3 is 0 Å². The van der Waals surface area contributed by atoms with Gasteiger partial charge in [-0.1, -0.05) is 55.8 Å². The Balaban J connectivity index is 1.97. The summed E-state index contributed by atoms with van der Waals surface area (Å²) in [5, 5.41) is 9.91. The van der Waals surface area contributed by atoms with Crippen molar-refractivity contribution in [2.75, 3.05) is 10.6 Å². The number of amides is 2. The Morgan fingerprint density at radius 2 is 1.56 bits per heavy atom. The van der Waals surface area contributed by atoms with Crippen molar-refractivity contribution in [2.45, 2.75) is 41.2 Å². The van der Waals surface area contributed by atoms with Gasteiger partial charge in [0.25, 0.3) is 5.56 Å². The summed E-state index contributed by atoms with van der Waals surface area (Å²) < 4.78 is 1.09. The molecule has 0 aliphatic carbocycles. The van der Waals surface area contributed by atoms with Crippen LogP contribution in [0, 0.1) is 26.7 Å². The minimum absolute atomic E-state index is 0.0915. The molecule has 7 nitrogen and oxygen atoms in total. The van der Waals surface area contributed by atoms with Crippen LogP contribution in [0.5, 0.6) is 0 Å². The van der Waals surface area contributed by atoms with Gasteiger partial charge in [-0.2, -0.15) is 5.10 Å². The molecule has 0 unspecified atom stereocenters. The summed E-state index contributed by atoms with van der Waals surface area (Å²) in [6, 6.07) is 15.0. The summed E-state index contributed by atoms with van der Waals surface area (Å²) in [4.78, 5) is 38.0. The molecule has 0 bridgehead atoms. The molecule has 0 radical (unpaired) electrons. The fraction of sp³-hybridized carbons (Fsp3) is 0.280. The van der Waals surface area contributed by atoms with Crippen LogP contribution in [0.25, 0.3) is 11.3 Å². The zero-order valence-electron chi connectivity index (χ0n) is 19.0. The predicted octanol–water partition coefficient (Wildman–Crippen LogP) is 4.07. The van der Waals surface area contributed by atoms with Crippen LogP contribution in [-0.2, 0) is 16.1 Å². The second kappa shape index (κ2) is 9.60. The summed E-state index contributed by atoms with van der Waals surface area (Å²) in [6.45, 7) is 9.02. The second-order valence-electron chi connectivity index (χ2n) is 8.28. The summed E-state index contributed by atoms with van der Waals surface area (Å²) in [5.74, 6) is -0.962. The highest BCUT2D eigenvalue weighted by atomic mass is 16.2. The predicted molar refractivity (Wildman–Crippen MR) is 127 cm³/mol. The molecule has 3 rings (SSSR count). The van der Waals surface area contributed by atoms with Gasteiger partial charge in [-0.3, -0.25) is 14.4 Å². The van der Waals surface area contributed by atoms with E-state index in [-0.39, 0.29) is 30.0 Å². The highest BCUT2D eigenvalue weighted by molar-refractivity contribution is 5.93. The third-order valence-corrected chi connectivity index (χ3v) is 5.06. The number of nitrogens with zero attached hydrogens (tertiary/aromatic N) is 2. The molecular weight excluding hydrogens is 404 g/mol. The molecule has 0 spiro atoms. The molecule has 2 N–H and O–H groups in total. The smallest absolute Gasteiger partial charge is 0.291 e. The van der Waals surface area contributed by atoms with E-state index >= 15 is 0 Å². The number of carbonyl (C=O) groups excluding carboxylic acids is 2. The second-order valence-corrected chi connectivity index (χ2v) is 8.28. The number of nitrogens with one attached hydrogen (secondary N) is 2. The van der Waals surface area contributed by atoms with E-state index in [1.807, 2.05) is 63.2 Å². The third kappa shape index (κ3) is 5.49. The molecule has 0 saturated carbocycles. The van der Waals surface area contributed by atoms with Crippen molar-refractivity contribution in [3.05, 3.63) is 75.6 Å². The van der Waals surface area contributed by atoms with Crippen LogP contribution >= 0.6 is 0 Å². The van der Waals surface area contributed by atoms with Crippen molar-refractivity contribution in [1.29, 1.82) is 0 Å². The van der Waals surface area contributed by atoms with Crippen LogP contribution in [0.4, 0.5) is 11.4 Å². The topological polar surface area (TPSA) is 93.1 Å². The maximum atomic E-state index is 13.0. The van der Waals surface area contributed by atoms with Crippen molar-refractivity contribution in [2.24, 2.45) is 5.92 Å². The van der Waals surface area contributed by atoms with Gasteiger partial charge in [-0.15, -0.1) is 0 Å². The van der Waals surface area contributed by atoms with Crippen LogP contribution in [0.3, 0.4) is 0 Å². The van der Waals surface area contributed by atoms with E-state index < -0.39 is 5.56 Å². The number of rotatable bonds is 6.